The summed E-state index contributed by atoms with van der Waals surface area (Å²) in [7, 11) is 0. The van der Waals surface area contributed by atoms with Crippen LogP contribution in [0, 0.1) is 0 Å². The first kappa shape index (κ1) is 16.3. The van der Waals surface area contributed by atoms with Crippen molar-refractivity contribution in [2.45, 2.75) is 63.2 Å². The zero-order valence-electron chi connectivity index (χ0n) is 10.9. The number of hydrogen-bond acceptors (Lipinski definition) is 7. The lowest BCUT2D eigenvalue weighted by Crippen LogP contribution is -2.61. The molecule has 0 aliphatic carbocycles. The van der Waals surface area contributed by atoms with Gasteiger partial charge in [-0.1, -0.05) is 0 Å². The molecule has 8 nitrogen and oxygen atoms in total. The molecule has 0 saturated carbocycles. The second-order valence-corrected chi connectivity index (χ2v) is 5.17. The number of aliphatic hydroxyl groups excluding tert-OH is 3. The first-order valence-corrected chi connectivity index (χ1v) is 5.86. The molecule has 1 saturated heterocycles. The fourth-order valence-electron chi connectivity index (χ4n) is 1.53. The van der Waals surface area contributed by atoms with Gasteiger partial charge in [-0.3, -0.25) is 0 Å². The summed E-state index contributed by atoms with van der Waals surface area (Å²) >= 11 is 0. The molecule has 0 radical (unpaired) electrons. The Morgan fingerprint density at radius 1 is 1.21 bits per heavy atom. The van der Waals surface area contributed by atoms with Gasteiger partial charge < -0.3 is 35.0 Å². The minimum atomic E-state index is -1.76. The van der Waals surface area contributed by atoms with E-state index in [-0.39, 0.29) is 0 Å². The van der Waals surface area contributed by atoms with Gasteiger partial charge in [0.25, 0.3) is 0 Å². The Hall–Kier alpha value is -0.770. The van der Waals surface area contributed by atoms with Crippen LogP contribution in [0.1, 0.15) is 20.8 Å². The Bertz CT molecular complexity index is 325. The van der Waals surface area contributed by atoms with Gasteiger partial charge in [0.1, 0.15) is 18.3 Å². The highest BCUT2D eigenvalue weighted by Crippen LogP contribution is 2.25. The number of ether oxygens (including phenoxy) is 2. The monoisotopic (exact) mass is 280 g/mol. The fraction of sp³-hybridized carbons (Fsp3) is 0.909. The lowest BCUT2D eigenvalue weighted by molar-refractivity contribution is -0.313. The van der Waals surface area contributed by atoms with Crippen molar-refractivity contribution in [3.05, 3.63) is 0 Å². The molecule has 1 unspecified atom stereocenters. The first-order valence-electron chi connectivity index (χ1n) is 5.86. The number of carbonyl (C=O) groups is 1. The van der Waals surface area contributed by atoms with E-state index in [2.05, 4.69) is 0 Å². The average Bonchev–Trinajstić information content (AvgIpc) is 2.28. The van der Waals surface area contributed by atoms with Gasteiger partial charge in [-0.05, 0) is 20.8 Å². The van der Waals surface area contributed by atoms with Crippen LogP contribution in [-0.4, -0.2) is 73.9 Å². The normalized spacial score (nSPS) is 37.9. The minimum absolute atomic E-state index is 0.788. The van der Waals surface area contributed by atoms with Crippen molar-refractivity contribution < 1.29 is 39.8 Å². The Morgan fingerprint density at radius 3 is 2.16 bits per heavy atom. The van der Waals surface area contributed by atoms with Crippen LogP contribution in [0.4, 0.5) is 0 Å². The number of rotatable bonds is 4. The molecule has 112 valence electrons. The molecule has 0 aromatic carbocycles. The highest BCUT2D eigenvalue weighted by molar-refractivity contribution is 5.73. The molecule has 0 spiro atoms. The van der Waals surface area contributed by atoms with E-state index < -0.39 is 48.4 Å². The van der Waals surface area contributed by atoms with Gasteiger partial charge in [0.15, 0.2) is 12.4 Å². The van der Waals surface area contributed by atoms with Crippen LogP contribution >= 0.6 is 0 Å². The smallest absolute Gasteiger partial charge is 0.335 e. The zero-order chi connectivity index (χ0) is 15.0. The summed E-state index contributed by atoms with van der Waals surface area (Å²) in [5.41, 5.74) is -1.25. The van der Waals surface area contributed by atoms with Crippen molar-refractivity contribution in [1.82, 2.24) is 0 Å². The van der Waals surface area contributed by atoms with Crippen LogP contribution in [0.15, 0.2) is 0 Å². The molecule has 5 N–H and O–H groups in total. The van der Waals surface area contributed by atoms with E-state index in [9.17, 15) is 25.2 Å². The van der Waals surface area contributed by atoms with Gasteiger partial charge in [0.2, 0.25) is 0 Å². The van der Waals surface area contributed by atoms with Gasteiger partial charge in [0.05, 0.1) is 11.7 Å². The number of carboxylic acid groups (broad SMARTS) is 1. The Morgan fingerprint density at radius 2 is 1.74 bits per heavy atom. The third-order valence-electron chi connectivity index (χ3n) is 3.15. The molecule has 0 amide bonds. The standard InChI is InChI=1S/C11H20O8/c1-4(11(2,3)17)18-10-7(14)5(12)6(13)8(19-10)9(15)16/h4-8,10,12-14,17H,1-3H3,(H,15,16)/t4?,5-,6-,7+,8-,10+/m0/s1. The highest BCUT2D eigenvalue weighted by Gasteiger charge is 2.48. The van der Waals surface area contributed by atoms with Crippen LogP contribution in [0.5, 0.6) is 0 Å². The predicted octanol–water partition coefficient (Wildman–Crippen LogP) is -1.95. The molecular weight excluding hydrogens is 260 g/mol. The predicted molar refractivity (Wildman–Crippen MR) is 61.2 cm³/mol. The maximum Gasteiger partial charge on any atom is 0.335 e. The highest BCUT2D eigenvalue weighted by atomic mass is 16.7. The molecule has 8 heteroatoms. The molecule has 1 aliphatic heterocycles. The van der Waals surface area contributed by atoms with Crippen molar-refractivity contribution >= 4 is 5.97 Å². The van der Waals surface area contributed by atoms with Gasteiger partial charge >= 0.3 is 5.97 Å². The summed E-state index contributed by atoms with van der Waals surface area (Å²) in [6.45, 7) is 4.43. The average molecular weight is 280 g/mol. The van der Waals surface area contributed by atoms with E-state index in [4.69, 9.17) is 14.6 Å². The Balaban J connectivity index is 2.80. The molecule has 0 aromatic heterocycles. The van der Waals surface area contributed by atoms with Crippen LogP contribution in [0.25, 0.3) is 0 Å². The molecule has 0 aromatic rings. The van der Waals surface area contributed by atoms with Crippen molar-refractivity contribution in [2.24, 2.45) is 0 Å². The number of aliphatic hydroxyl groups is 4. The molecule has 1 fully saturated rings. The largest absolute Gasteiger partial charge is 0.479 e. The van der Waals surface area contributed by atoms with E-state index in [1.54, 1.807) is 0 Å². The summed E-state index contributed by atoms with van der Waals surface area (Å²) in [4.78, 5) is 10.9. The summed E-state index contributed by atoms with van der Waals surface area (Å²) in [6.07, 6.45) is -9.04. The van der Waals surface area contributed by atoms with Gasteiger partial charge in [-0.15, -0.1) is 0 Å². The van der Waals surface area contributed by atoms with Crippen LogP contribution < -0.4 is 0 Å². The molecule has 1 rings (SSSR count). The van der Waals surface area contributed by atoms with Gasteiger partial charge in [0, 0.05) is 0 Å². The Kier molecular flexibility index (Phi) is 4.88. The van der Waals surface area contributed by atoms with E-state index in [1.165, 1.54) is 20.8 Å². The van der Waals surface area contributed by atoms with Crippen molar-refractivity contribution in [3.8, 4) is 0 Å². The molecule has 1 heterocycles. The van der Waals surface area contributed by atoms with Gasteiger partial charge in [-0.25, -0.2) is 4.79 Å². The van der Waals surface area contributed by atoms with Crippen LogP contribution in [-0.2, 0) is 14.3 Å². The first-order chi connectivity index (χ1) is 8.55. The summed E-state index contributed by atoms with van der Waals surface area (Å²) in [6, 6.07) is 0. The van der Waals surface area contributed by atoms with Crippen molar-refractivity contribution in [1.29, 1.82) is 0 Å². The maximum absolute atomic E-state index is 10.9. The van der Waals surface area contributed by atoms with Crippen LogP contribution in [0.2, 0.25) is 0 Å². The van der Waals surface area contributed by atoms with E-state index in [1.807, 2.05) is 0 Å². The maximum atomic E-state index is 10.9. The summed E-state index contributed by atoms with van der Waals surface area (Å²) in [5.74, 6) is -1.48. The topological polar surface area (TPSA) is 137 Å². The van der Waals surface area contributed by atoms with Crippen molar-refractivity contribution in [2.75, 3.05) is 0 Å². The SMILES string of the molecule is CC(O[C@@H]1O[C@H](C(=O)O)[C@@H](O)[C@H](O)[C@H]1O)C(C)(C)O. The minimum Gasteiger partial charge on any atom is -0.479 e. The second-order valence-electron chi connectivity index (χ2n) is 5.17. The van der Waals surface area contributed by atoms with E-state index >= 15 is 0 Å². The molecule has 6 atom stereocenters. The van der Waals surface area contributed by atoms with Crippen molar-refractivity contribution in [3.63, 3.8) is 0 Å². The number of hydrogen-bond donors (Lipinski definition) is 5. The summed E-state index contributed by atoms with van der Waals surface area (Å²) < 4.78 is 10.1. The Labute approximate surface area is 110 Å². The summed E-state index contributed by atoms with van der Waals surface area (Å²) in [5, 5.41) is 47.3. The third kappa shape index (κ3) is 3.62. The van der Waals surface area contributed by atoms with Crippen LogP contribution in [0.3, 0.4) is 0 Å². The molecule has 19 heavy (non-hydrogen) atoms. The lowest BCUT2D eigenvalue weighted by atomic mass is 9.98. The second kappa shape index (κ2) is 5.70. The number of aliphatic carboxylic acids is 1. The van der Waals surface area contributed by atoms with E-state index in [0.717, 1.165) is 0 Å². The molecular formula is C11H20O8. The molecule has 0 bridgehead atoms. The lowest BCUT2D eigenvalue weighted by Gasteiger charge is -2.40. The third-order valence-corrected chi connectivity index (χ3v) is 3.15. The van der Waals surface area contributed by atoms with Gasteiger partial charge in [-0.2, -0.15) is 0 Å². The number of carboxylic acids is 1. The van der Waals surface area contributed by atoms with E-state index in [0.29, 0.717) is 0 Å². The molecule has 1 aliphatic rings. The quantitative estimate of drug-likeness (QED) is 0.401. The fourth-order valence-corrected chi connectivity index (χ4v) is 1.53. The zero-order valence-corrected chi connectivity index (χ0v) is 10.9.